The predicted octanol–water partition coefficient (Wildman–Crippen LogP) is 2.15. The zero-order chi connectivity index (χ0) is 10.4. The third-order valence-electron chi connectivity index (χ3n) is 1.86. The largest absolute Gasteiger partial charge is 0.319 e. The Morgan fingerprint density at radius 1 is 1.57 bits per heavy atom. The van der Waals surface area contributed by atoms with Crippen LogP contribution in [0.4, 0.5) is 4.39 Å². The lowest BCUT2D eigenvalue weighted by Crippen LogP contribution is -2.05. The van der Waals surface area contributed by atoms with Crippen molar-refractivity contribution < 1.29 is 4.39 Å². The molecule has 1 rings (SSSR count). The minimum absolute atomic E-state index is 0.406. The maximum atomic E-state index is 13.1. The van der Waals surface area contributed by atoms with Crippen LogP contribution >= 0.6 is 0 Å². The van der Waals surface area contributed by atoms with Crippen LogP contribution in [0.15, 0.2) is 18.3 Å². The van der Waals surface area contributed by atoms with Gasteiger partial charge in [0, 0.05) is 11.8 Å². The number of hydrogen-bond acceptors (Lipinski definition) is 2. The van der Waals surface area contributed by atoms with Gasteiger partial charge in [-0.1, -0.05) is 12.2 Å². The molecular weight excluding hydrogens is 179 g/mol. The van der Waals surface area contributed by atoms with Gasteiger partial charge in [0.15, 0.2) is 0 Å². The Labute approximate surface area is 83.9 Å². The van der Waals surface area contributed by atoms with Crippen molar-refractivity contribution in [3.8, 4) is 0 Å². The molecule has 1 aromatic heterocycles. The van der Waals surface area contributed by atoms with Crippen molar-refractivity contribution >= 4 is 6.08 Å². The molecule has 2 nitrogen and oxygen atoms in total. The summed E-state index contributed by atoms with van der Waals surface area (Å²) in [5.41, 5.74) is 1.53. The lowest BCUT2D eigenvalue weighted by atomic mass is 10.2. The molecule has 0 saturated carbocycles. The summed E-state index contributed by atoms with van der Waals surface area (Å²) in [4.78, 5) is 3.64. The van der Waals surface area contributed by atoms with Gasteiger partial charge in [-0.25, -0.2) is 4.98 Å². The van der Waals surface area contributed by atoms with Crippen LogP contribution in [0.5, 0.6) is 0 Å². The number of pyridine rings is 1. The molecule has 0 amide bonds. The van der Waals surface area contributed by atoms with Crippen LogP contribution in [0.3, 0.4) is 0 Å². The fourth-order valence-corrected chi connectivity index (χ4v) is 1.13. The first-order valence-corrected chi connectivity index (χ1v) is 4.67. The number of nitrogens with zero attached hydrogens (tertiary/aromatic N) is 1. The second-order valence-corrected chi connectivity index (χ2v) is 3.19. The number of rotatable bonds is 4. The molecule has 0 aliphatic heterocycles. The molecule has 0 aliphatic rings. The molecule has 76 valence electrons. The monoisotopic (exact) mass is 194 g/mol. The third-order valence-corrected chi connectivity index (χ3v) is 1.86. The molecule has 0 fully saturated rings. The highest BCUT2D eigenvalue weighted by atomic mass is 19.1. The first kappa shape index (κ1) is 10.9. The highest BCUT2D eigenvalue weighted by Gasteiger charge is 1.98. The summed E-state index contributed by atoms with van der Waals surface area (Å²) in [7, 11) is 1.89. The predicted molar refractivity (Wildman–Crippen MR) is 56.5 cm³/mol. The Bertz CT molecular complexity index is 321. The van der Waals surface area contributed by atoms with E-state index in [0.29, 0.717) is 5.56 Å². The van der Waals surface area contributed by atoms with Crippen LogP contribution in [-0.4, -0.2) is 18.6 Å². The van der Waals surface area contributed by atoms with Gasteiger partial charge in [-0.15, -0.1) is 0 Å². The molecule has 1 aromatic rings. The molecule has 0 aromatic carbocycles. The molecular formula is C11H15FN2. The van der Waals surface area contributed by atoms with E-state index in [-0.39, 0.29) is 0 Å². The number of halogens is 1. The van der Waals surface area contributed by atoms with Gasteiger partial charge in [0.05, 0.1) is 0 Å². The second kappa shape index (κ2) is 5.50. The third kappa shape index (κ3) is 3.26. The van der Waals surface area contributed by atoms with E-state index < -0.39 is 5.95 Å². The summed E-state index contributed by atoms with van der Waals surface area (Å²) < 4.78 is 13.1. The highest BCUT2D eigenvalue weighted by Crippen LogP contribution is 2.08. The van der Waals surface area contributed by atoms with Crippen molar-refractivity contribution in [2.24, 2.45) is 0 Å². The van der Waals surface area contributed by atoms with Gasteiger partial charge in [-0.2, -0.15) is 4.39 Å². The summed E-state index contributed by atoms with van der Waals surface area (Å²) in [5, 5.41) is 3.02. The minimum Gasteiger partial charge on any atom is -0.319 e. The first-order valence-electron chi connectivity index (χ1n) is 4.67. The fraction of sp³-hybridized carbons (Fsp3) is 0.364. The fourth-order valence-electron chi connectivity index (χ4n) is 1.13. The van der Waals surface area contributed by atoms with E-state index in [0.717, 1.165) is 18.5 Å². The average Bonchev–Trinajstić information content (AvgIpc) is 2.18. The van der Waals surface area contributed by atoms with E-state index in [2.05, 4.69) is 10.3 Å². The van der Waals surface area contributed by atoms with E-state index in [1.807, 2.05) is 20.0 Å². The van der Waals surface area contributed by atoms with Crippen LogP contribution < -0.4 is 5.32 Å². The topological polar surface area (TPSA) is 24.9 Å². The normalized spacial score (nSPS) is 11.1. The standard InChI is InChI=1S/C11H15FN2/c1-9-7-10(11(12)14-8-9)5-3-4-6-13-2/h3,5,7-8,13H,4,6H2,1-2H3. The number of nitrogens with one attached hydrogen (secondary N) is 1. The maximum Gasteiger partial charge on any atom is 0.220 e. The van der Waals surface area contributed by atoms with Crippen molar-refractivity contribution in [1.82, 2.24) is 10.3 Å². The second-order valence-electron chi connectivity index (χ2n) is 3.19. The Morgan fingerprint density at radius 2 is 2.36 bits per heavy atom. The lowest BCUT2D eigenvalue weighted by Gasteiger charge is -1.97. The summed E-state index contributed by atoms with van der Waals surface area (Å²) in [5.74, 6) is -0.406. The molecule has 3 heteroatoms. The van der Waals surface area contributed by atoms with E-state index >= 15 is 0 Å². The summed E-state index contributed by atoms with van der Waals surface area (Å²) in [6.07, 6.45) is 6.13. The summed E-state index contributed by atoms with van der Waals surface area (Å²) >= 11 is 0. The lowest BCUT2D eigenvalue weighted by molar-refractivity contribution is 0.580. The zero-order valence-corrected chi connectivity index (χ0v) is 8.55. The Morgan fingerprint density at radius 3 is 3.07 bits per heavy atom. The molecule has 14 heavy (non-hydrogen) atoms. The van der Waals surface area contributed by atoms with Crippen LogP contribution in [0.25, 0.3) is 6.08 Å². The van der Waals surface area contributed by atoms with E-state index in [1.165, 1.54) is 6.20 Å². The van der Waals surface area contributed by atoms with Crippen molar-refractivity contribution in [3.05, 3.63) is 35.4 Å². The maximum absolute atomic E-state index is 13.1. The molecule has 0 bridgehead atoms. The molecule has 0 spiro atoms. The number of hydrogen-bond donors (Lipinski definition) is 1. The van der Waals surface area contributed by atoms with Crippen LogP contribution in [0.1, 0.15) is 17.5 Å². The summed E-state index contributed by atoms with van der Waals surface area (Å²) in [6.45, 7) is 2.80. The molecule has 1 heterocycles. The van der Waals surface area contributed by atoms with E-state index in [9.17, 15) is 4.39 Å². The van der Waals surface area contributed by atoms with Gasteiger partial charge in [-0.3, -0.25) is 0 Å². The van der Waals surface area contributed by atoms with Crippen molar-refractivity contribution in [2.45, 2.75) is 13.3 Å². The molecule has 0 atom stereocenters. The van der Waals surface area contributed by atoms with Gasteiger partial charge in [0.1, 0.15) is 0 Å². The smallest absolute Gasteiger partial charge is 0.220 e. The quantitative estimate of drug-likeness (QED) is 0.587. The van der Waals surface area contributed by atoms with Crippen LogP contribution in [0.2, 0.25) is 0 Å². The van der Waals surface area contributed by atoms with E-state index in [4.69, 9.17) is 0 Å². The minimum atomic E-state index is -0.406. The zero-order valence-electron chi connectivity index (χ0n) is 8.55. The molecule has 0 aliphatic carbocycles. The van der Waals surface area contributed by atoms with Gasteiger partial charge < -0.3 is 5.32 Å². The Balaban J connectivity index is 2.65. The van der Waals surface area contributed by atoms with Gasteiger partial charge >= 0.3 is 0 Å². The summed E-state index contributed by atoms with van der Waals surface area (Å²) in [6, 6.07) is 1.79. The van der Waals surface area contributed by atoms with Crippen LogP contribution in [0, 0.1) is 12.9 Å². The van der Waals surface area contributed by atoms with Crippen molar-refractivity contribution in [2.75, 3.05) is 13.6 Å². The average molecular weight is 194 g/mol. The van der Waals surface area contributed by atoms with Gasteiger partial charge in [0.2, 0.25) is 5.95 Å². The number of aryl methyl sites for hydroxylation is 1. The molecule has 1 N–H and O–H groups in total. The first-order chi connectivity index (χ1) is 6.74. The van der Waals surface area contributed by atoms with Crippen molar-refractivity contribution in [3.63, 3.8) is 0 Å². The highest BCUT2D eigenvalue weighted by molar-refractivity contribution is 5.49. The Hall–Kier alpha value is -1.22. The van der Waals surface area contributed by atoms with Crippen LogP contribution in [-0.2, 0) is 0 Å². The molecule has 0 unspecified atom stereocenters. The van der Waals surface area contributed by atoms with Gasteiger partial charge in [-0.05, 0) is 38.6 Å². The van der Waals surface area contributed by atoms with E-state index in [1.54, 1.807) is 12.1 Å². The number of aromatic nitrogens is 1. The molecule has 0 saturated heterocycles. The SMILES string of the molecule is CNCCC=Cc1cc(C)cnc1F. The molecule has 0 radical (unpaired) electrons. The Kier molecular flexibility index (Phi) is 4.26. The van der Waals surface area contributed by atoms with Gasteiger partial charge in [0.25, 0.3) is 0 Å². The van der Waals surface area contributed by atoms with Crippen molar-refractivity contribution in [1.29, 1.82) is 0 Å².